The topological polar surface area (TPSA) is 40.0 Å². The van der Waals surface area contributed by atoms with Gasteiger partial charge in [0.05, 0.1) is 0 Å². The fraction of sp³-hybridized carbons (Fsp3) is 0.571. The molecule has 48 heavy (non-hydrogen) atoms. The molecule has 6 heteroatoms. The van der Waals surface area contributed by atoms with Crippen LogP contribution in [0, 0.1) is 0 Å². The summed E-state index contributed by atoms with van der Waals surface area (Å²) in [6.45, 7) is 40.2. The van der Waals surface area contributed by atoms with Crippen LogP contribution in [0.4, 0.5) is 0 Å². The Morgan fingerprint density at radius 1 is 0.417 bits per heavy atom. The van der Waals surface area contributed by atoms with Crippen LogP contribution in [-0.2, 0) is 32.5 Å². The number of hydrogen-bond acceptors (Lipinski definition) is 4. The third kappa shape index (κ3) is 10.5. The lowest BCUT2D eigenvalue weighted by Crippen LogP contribution is -2.18. The summed E-state index contributed by atoms with van der Waals surface area (Å²) in [5.41, 5.74) is 6.91. The fourth-order valence-corrected chi connectivity index (χ4v) is 6.92. The van der Waals surface area contributed by atoms with E-state index in [1.165, 1.54) is 16.7 Å². The Kier molecular flexibility index (Phi) is 11.7. The predicted molar refractivity (Wildman–Crippen MR) is 210 cm³/mol. The van der Waals surface area contributed by atoms with Crippen LogP contribution < -0.4 is 13.6 Å². The predicted octanol–water partition coefficient (Wildman–Crippen LogP) is 14.3. The smallest absolute Gasteiger partial charge is 0.422 e. The van der Waals surface area contributed by atoms with Crippen molar-refractivity contribution in [2.24, 2.45) is 4.52 Å². The van der Waals surface area contributed by atoms with E-state index in [1.807, 2.05) is 0 Å². The van der Waals surface area contributed by atoms with Crippen LogP contribution in [0.1, 0.15) is 158 Å². The molecule has 0 amide bonds. The SMILES string of the molecule is CC(C)(C)c1ccc(OP=NP(Oc2ccc(C(C)(C)C)cc2C(C)(C)C)Oc2ccc(C(C)(C)C)cc2C(C)(C)C)c(C(C)(C)C)c1. The van der Waals surface area contributed by atoms with Crippen molar-refractivity contribution in [3.05, 3.63) is 88.0 Å². The molecule has 0 aromatic heterocycles. The van der Waals surface area contributed by atoms with Gasteiger partial charge >= 0.3 is 8.53 Å². The Morgan fingerprint density at radius 2 is 0.708 bits per heavy atom. The van der Waals surface area contributed by atoms with Gasteiger partial charge in [0.15, 0.2) is 0 Å². The first kappa shape index (κ1) is 40.0. The van der Waals surface area contributed by atoms with Crippen LogP contribution in [0.25, 0.3) is 0 Å². The molecule has 0 fully saturated rings. The summed E-state index contributed by atoms with van der Waals surface area (Å²) in [6, 6.07) is 19.6. The van der Waals surface area contributed by atoms with Gasteiger partial charge in [0.2, 0.25) is 0 Å². The third-order valence-electron chi connectivity index (χ3n) is 8.56. The quantitative estimate of drug-likeness (QED) is 0.232. The van der Waals surface area contributed by atoms with Gasteiger partial charge in [-0.1, -0.05) is 161 Å². The van der Waals surface area contributed by atoms with Crippen LogP contribution in [0.15, 0.2) is 59.1 Å². The van der Waals surface area contributed by atoms with Gasteiger partial charge in [-0.15, -0.1) is 4.52 Å². The number of benzene rings is 3. The summed E-state index contributed by atoms with van der Waals surface area (Å²) in [6.07, 6.45) is 0. The zero-order valence-corrected chi connectivity index (χ0v) is 35.1. The zero-order chi connectivity index (χ0) is 36.7. The second-order valence-electron chi connectivity index (χ2n) is 19.3. The molecule has 3 aromatic carbocycles. The second-order valence-corrected chi connectivity index (χ2v) is 21.2. The summed E-state index contributed by atoms with van der Waals surface area (Å²) >= 11 is 0. The number of rotatable bonds is 7. The first-order valence-corrected chi connectivity index (χ1v) is 19.2. The molecule has 0 saturated carbocycles. The van der Waals surface area contributed by atoms with Gasteiger partial charge < -0.3 is 13.6 Å². The minimum Gasteiger partial charge on any atom is -0.422 e. The van der Waals surface area contributed by atoms with Gasteiger partial charge in [0.25, 0.3) is 8.60 Å². The van der Waals surface area contributed by atoms with Crippen molar-refractivity contribution in [2.75, 3.05) is 0 Å². The summed E-state index contributed by atoms with van der Waals surface area (Å²) in [4.78, 5) is 0. The molecule has 3 rings (SSSR count). The lowest BCUT2D eigenvalue weighted by atomic mass is 9.80. The Morgan fingerprint density at radius 3 is 1.00 bits per heavy atom. The van der Waals surface area contributed by atoms with Crippen LogP contribution in [0.2, 0.25) is 0 Å². The molecule has 0 aliphatic carbocycles. The highest BCUT2D eigenvalue weighted by Gasteiger charge is 2.29. The Labute approximate surface area is 296 Å². The average molecular weight is 692 g/mol. The van der Waals surface area contributed by atoms with E-state index in [0.717, 1.165) is 33.9 Å². The van der Waals surface area contributed by atoms with Crippen molar-refractivity contribution >= 4 is 17.1 Å². The van der Waals surface area contributed by atoms with E-state index < -0.39 is 8.53 Å². The van der Waals surface area contributed by atoms with Gasteiger partial charge in [-0.3, -0.25) is 0 Å². The maximum Gasteiger partial charge on any atom is 0.444 e. The van der Waals surface area contributed by atoms with Crippen molar-refractivity contribution < 1.29 is 13.6 Å². The average Bonchev–Trinajstić information content (AvgIpc) is 2.90. The lowest BCUT2D eigenvalue weighted by Gasteiger charge is -2.29. The van der Waals surface area contributed by atoms with E-state index >= 15 is 0 Å². The molecule has 0 heterocycles. The molecular formula is C42H63NO3P2. The number of nitrogens with zero attached hydrogens (tertiary/aromatic N) is 1. The molecular weight excluding hydrogens is 628 g/mol. The molecule has 0 N–H and O–H groups in total. The molecule has 0 aliphatic heterocycles. The van der Waals surface area contributed by atoms with E-state index in [1.54, 1.807) is 0 Å². The number of hydrogen-bond donors (Lipinski definition) is 0. The summed E-state index contributed by atoms with van der Waals surface area (Å²) in [7, 11) is -1.37. The first-order valence-electron chi connectivity index (χ1n) is 17.3. The Balaban J connectivity index is 2.14. The van der Waals surface area contributed by atoms with E-state index in [9.17, 15) is 0 Å². The van der Waals surface area contributed by atoms with Crippen molar-refractivity contribution in [1.29, 1.82) is 0 Å². The van der Waals surface area contributed by atoms with Crippen LogP contribution in [-0.4, -0.2) is 0 Å². The van der Waals surface area contributed by atoms with E-state index in [-0.39, 0.29) is 32.5 Å². The molecule has 4 nitrogen and oxygen atoms in total. The fourth-order valence-electron chi connectivity index (χ4n) is 5.30. The standard InChI is InChI=1S/C42H63NO3P2/c1-37(2,3)28-19-22-34(31(25-28)40(10,11)12)44-47-43-48(45-35-23-20-29(38(4,5)6)26-32(35)41(13,14)15)46-36-24-21-30(39(7,8)9)27-33(36)42(16,17)18/h19-27H,1-18H3. The van der Waals surface area contributed by atoms with Gasteiger partial charge in [-0.05, 0) is 67.4 Å². The molecule has 0 atom stereocenters. The van der Waals surface area contributed by atoms with Crippen molar-refractivity contribution in [1.82, 2.24) is 0 Å². The molecule has 264 valence electrons. The second kappa shape index (κ2) is 14.1. The molecule has 0 spiro atoms. The molecule has 0 bridgehead atoms. The summed E-state index contributed by atoms with van der Waals surface area (Å²) < 4.78 is 25.0. The monoisotopic (exact) mass is 691 g/mol. The minimum absolute atomic E-state index is 0.0142. The van der Waals surface area contributed by atoms with E-state index in [0.29, 0.717) is 8.60 Å². The maximum absolute atomic E-state index is 6.80. The normalized spacial score (nSPS) is 13.7. The largest absolute Gasteiger partial charge is 0.444 e. The molecule has 3 aromatic rings. The Hall–Kier alpha value is -2.41. The Bertz CT molecular complexity index is 1520. The van der Waals surface area contributed by atoms with Crippen LogP contribution in [0.5, 0.6) is 17.2 Å². The molecule has 0 saturated heterocycles. The van der Waals surface area contributed by atoms with E-state index in [2.05, 4.69) is 179 Å². The van der Waals surface area contributed by atoms with Crippen LogP contribution in [0.3, 0.4) is 0 Å². The molecule has 0 radical (unpaired) electrons. The third-order valence-corrected chi connectivity index (χ3v) is 10.4. The summed E-state index contributed by atoms with van der Waals surface area (Å²) in [5.74, 6) is 2.40. The van der Waals surface area contributed by atoms with Crippen molar-refractivity contribution in [3.8, 4) is 17.2 Å². The zero-order valence-electron chi connectivity index (χ0n) is 33.3. The first-order chi connectivity index (χ1) is 21.6. The van der Waals surface area contributed by atoms with E-state index in [4.69, 9.17) is 18.1 Å². The summed E-state index contributed by atoms with van der Waals surface area (Å²) in [5, 5.41) is 0. The molecule has 0 unspecified atom stereocenters. The highest BCUT2D eigenvalue weighted by Crippen LogP contribution is 2.50. The van der Waals surface area contributed by atoms with Crippen molar-refractivity contribution in [2.45, 2.75) is 157 Å². The minimum atomic E-state index is -1.79. The van der Waals surface area contributed by atoms with Gasteiger partial charge in [-0.2, -0.15) is 0 Å². The van der Waals surface area contributed by atoms with Crippen molar-refractivity contribution in [3.63, 3.8) is 0 Å². The van der Waals surface area contributed by atoms with Gasteiger partial charge in [0.1, 0.15) is 17.2 Å². The highest BCUT2D eigenvalue weighted by molar-refractivity contribution is 7.51. The lowest BCUT2D eigenvalue weighted by molar-refractivity contribution is 0.459. The maximum atomic E-state index is 6.80. The highest BCUT2D eigenvalue weighted by atomic mass is 31.2. The van der Waals surface area contributed by atoms with Crippen LogP contribution >= 0.6 is 17.1 Å². The molecule has 0 aliphatic rings. The van der Waals surface area contributed by atoms with Gasteiger partial charge in [-0.25, -0.2) is 0 Å². The van der Waals surface area contributed by atoms with Gasteiger partial charge in [0, 0.05) is 16.7 Å².